The first-order valence-corrected chi connectivity index (χ1v) is 9.95. The van der Waals surface area contributed by atoms with Crippen molar-refractivity contribution >= 4 is 43.6 Å². The Hall–Kier alpha value is -2.07. The fourth-order valence-corrected chi connectivity index (χ4v) is 4.87. The number of aromatic nitrogens is 1. The number of thiophene rings is 1. The number of hydrogen-bond acceptors (Lipinski definition) is 7. The molecule has 9 heteroatoms. The fourth-order valence-electron chi connectivity index (χ4n) is 1.91. The van der Waals surface area contributed by atoms with Crippen molar-refractivity contribution in [3.05, 3.63) is 52.7 Å². The maximum Gasteiger partial charge on any atom is 0.263 e. The molecule has 124 valence electrons. The summed E-state index contributed by atoms with van der Waals surface area (Å²) in [4.78, 5) is 17.0. The van der Waals surface area contributed by atoms with Crippen LogP contribution in [0.3, 0.4) is 0 Å². The molecule has 1 aromatic carbocycles. The largest absolute Gasteiger partial charge is 0.388 e. The van der Waals surface area contributed by atoms with E-state index in [1.54, 1.807) is 35.7 Å². The lowest BCUT2D eigenvalue weighted by Gasteiger charge is -2.04. The van der Waals surface area contributed by atoms with E-state index in [0.29, 0.717) is 10.6 Å². The average Bonchev–Trinajstić information content (AvgIpc) is 3.24. The molecule has 2 heterocycles. The van der Waals surface area contributed by atoms with E-state index < -0.39 is 16.6 Å². The van der Waals surface area contributed by atoms with Crippen LogP contribution in [0.15, 0.2) is 52.7 Å². The molecule has 6 nitrogen and oxygen atoms in total. The third-order valence-corrected chi connectivity index (χ3v) is 6.45. The minimum absolute atomic E-state index is 0.161. The number of thiazole rings is 1. The minimum atomic E-state index is -3.68. The summed E-state index contributed by atoms with van der Waals surface area (Å²) in [7, 11) is -3.68. The molecule has 0 radical (unpaired) electrons. The van der Waals surface area contributed by atoms with Gasteiger partial charge in [-0.15, -0.1) is 22.7 Å². The highest BCUT2D eigenvalue weighted by Gasteiger charge is 2.17. The van der Waals surface area contributed by atoms with Crippen LogP contribution in [0.2, 0.25) is 0 Å². The minimum Gasteiger partial charge on any atom is -0.388 e. The van der Waals surface area contributed by atoms with Gasteiger partial charge < -0.3 is 5.11 Å². The third kappa shape index (κ3) is 3.54. The van der Waals surface area contributed by atoms with E-state index in [2.05, 4.69) is 9.71 Å². The Bertz CT molecular complexity index is 962. The van der Waals surface area contributed by atoms with Crippen molar-refractivity contribution in [1.82, 2.24) is 4.98 Å². The van der Waals surface area contributed by atoms with Gasteiger partial charge in [0.1, 0.15) is 6.61 Å². The molecule has 0 fully saturated rings. The first-order chi connectivity index (χ1) is 11.5. The van der Waals surface area contributed by atoms with Crippen LogP contribution in [0.5, 0.6) is 0 Å². The second-order valence-electron chi connectivity index (χ2n) is 4.70. The summed E-state index contributed by atoms with van der Waals surface area (Å²) in [6.45, 7) is -0.543. The number of ketones is 1. The molecule has 0 amide bonds. The van der Waals surface area contributed by atoms with Crippen LogP contribution in [0.4, 0.5) is 5.13 Å². The number of aliphatic hydroxyl groups excluding tert-OH is 1. The number of aliphatic hydroxyl groups is 1. The van der Waals surface area contributed by atoms with E-state index in [1.165, 1.54) is 23.5 Å². The number of rotatable bonds is 6. The van der Waals surface area contributed by atoms with Gasteiger partial charge in [-0.25, -0.2) is 13.4 Å². The van der Waals surface area contributed by atoms with Crippen LogP contribution in [0, 0.1) is 0 Å². The first kappa shape index (κ1) is 16.8. The summed E-state index contributed by atoms with van der Waals surface area (Å²) < 4.78 is 27.0. The standard InChI is InChI=1S/C15H12N2O4S3/c18-8-12(19)14-7-6-13(23-14)11-9-22-15(16-11)17-24(20,21)10-4-2-1-3-5-10/h1-7,9,18H,8H2,(H,16,17). The summed E-state index contributed by atoms with van der Waals surface area (Å²) in [5, 5.41) is 10.8. The number of sulfonamides is 1. The smallest absolute Gasteiger partial charge is 0.263 e. The third-order valence-electron chi connectivity index (χ3n) is 3.06. The number of benzene rings is 1. The molecular formula is C15H12N2O4S3. The Kier molecular flexibility index (Phi) is 4.76. The van der Waals surface area contributed by atoms with Crippen molar-refractivity contribution in [2.75, 3.05) is 11.3 Å². The predicted octanol–water partition coefficient (Wildman–Crippen LogP) is 2.85. The molecule has 0 unspecified atom stereocenters. The van der Waals surface area contributed by atoms with Crippen LogP contribution >= 0.6 is 22.7 Å². The number of nitrogens with zero attached hydrogens (tertiary/aromatic N) is 1. The van der Waals surface area contributed by atoms with Crippen LogP contribution in [-0.2, 0) is 10.0 Å². The molecule has 0 bridgehead atoms. The van der Waals surface area contributed by atoms with Crippen LogP contribution in [0.1, 0.15) is 9.67 Å². The van der Waals surface area contributed by atoms with Gasteiger partial charge in [0, 0.05) is 5.38 Å². The van der Waals surface area contributed by atoms with Gasteiger partial charge in [-0.1, -0.05) is 18.2 Å². The van der Waals surface area contributed by atoms with E-state index in [4.69, 9.17) is 5.11 Å². The summed E-state index contributed by atoms with van der Waals surface area (Å²) in [6.07, 6.45) is 0. The number of nitrogens with one attached hydrogen (secondary N) is 1. The summed E-state index contributed by atoms with van der Waals surface area (Å²) in [5.74, 6) is -0.355. The lowest BCUT2D eigenvalue weighted by Crippen LogP contribution is -2.12. The molecule has 3 aromatic rings. The Morgan fingerprint density at radius 2 is 1.92 bits per heavy atom. The van der Waals surface area contributed by atoms with E-state index in [0.717, 1.165) is 16.2 Å². The monoisotopic (exact) mass is 380 g/mol. The zero-order valence-electron chi connectivity index (χ0n) is 12.2. The van der Waals surface area contributed by atoms with Crippen LogP contribution in [0.25, 0.3) is 10.6 Å². The fraction of sp³-hybridized carbons (Fsp3) is 0.0667. The van der Waals surface area contributed by atoms with Crippen LogP contribution < -0.4 is 4.72 Å². The van der Waals surface area contributed by atoms with Crippen molar-refractivity contribution in [2.24, 2.45) is 0 Å². The number of hydrogen-bond donors (Lipinski definition) is 2. The zero-order valence-corrected chi connectivity index (χ0v) is 14.6. The van der Waals surface area contributed by atoms with Gasteiger partial charge in [0.05, 0.1) is 20.3 Å². The SMILES string of the molecule is O=C(CO)c1ccc(-c2csc(NS(=O)(=O)c3ccccc3)n2)s1. The molecule has 24 heavy (non-hydrogen) atoms. The van der Waals surface area contributed by atoms with E-state index in [1.807, 2.05) is 0 Å². The highest BCUT2D eigenvalue weighted by Crippen LogP contribution is 2.31. The molecule has 0 saturated carbocycles. The molecule has 3 rings (SSSR count). The highest BCUT2D eigenvalue weighted by atomic mass is 32.2. The molecule has 0 aliphatic heterocycles. The number of carbonyl (C=O) groups is 1. The quantitative estimate of drug-likeness (QED) is 0.641. The lowest BCUT2D eigenvalue weighted by atomic mass is 10.3. The molecule has 0 saturated heterocycles. The predicted molar refractivity (Wildman–Crippen MR) is 94.1 cm³/mol. The molecule has 2 aromatic heterocycles. The molecule has 0 atom stereocenters. The zero-order chi connectivity index (χ0) is 17.2. The molecule has 2 N–H and O–H groups in total. The second kappa shape index (κ2) is 6.81. The molecule has 0 aliphatic carbocycles. The Morgan fingerprint density at radius 1 is 1.17 bits per heavy atom. The Balaban J connectivity index is 1.81. The average molecular weight is 380 g/mol. The van der Waals surface area contributed by atoms with Gasteiger partial charge in [0.25, 0.3) is 10.0 Å². The Labute approximate surface area is 146 Å². The summed E-state index contributed by atoms with van der Waals surface area (Å²) in [6, 6.07) is 11.4. The first-order valence-electron chi connectivity index (χ1n) is 6.77. The molecule has 0 spiro atoms. The van der Waals surface area contributed by atoms with Gasteiger partial charge in [0.15, 0.2) is 10.9 Å². The molecule has 0 aliphatic rings. The van der Waals surface area contributed by atoms with Gasteiger partial charge in [-0.05, 0) is 24.3 Å². The van der Waals surface area contributed by atoms with Gasteiger partial charge in [0.2, 0.25) is 0 Å². The maximum atomic E-state index is 12.3. The van der Waals surface area contributed by atoms with E-state index in [9.17, 15) is 13.2 Å². The maximum absolute atomic E-state index is 12.3. The van der Waals surface area contributed by atoms with Crippen molar-refractivity contribution in [3.63, 3.8) is 0 Å². The number of anilines is 1. The summed E-state index contributed by atoms with van der Waals surface area (Å²) >= 11 is 2.36. The van der Waals surface area contributed by atoms with E-state index in [-0.39, 0.29) is 15.8 Å². The number of Topliss-reactive ketones (excluding diaryl/α,β-unsaturated/α-hetero) is 1. The number of carbonyl (C=O) groups excluding carboxylic acids is 1. The van der Waals surface area contributed by atoms with Crippen molar-refractivity contribution < 1.29 is 18.3 Å². The summed E-state index contributed by atoms with van der Waals surface area (Å²) in [5.41, 5.74) is 0.577. The Morgan fingerprint density at radius 3 is 2.62 bits per heavy atom. The normalized spacial score (nSPS) is 11.4. The van der Waals surface area contributed by atoms with Crippen LogP contribution in [-0.4, -0.2) is 30.9 Å². The highest BCUT2D eigenvalue weighted by molar-refractivity contribution is 7.93. The lowest BCUT2D eigenvalue weighted by molar-refractivity contribution is 0.0908. The van der Waals surface area contributed by atoms with Crippen molar-refractivity contribution in [2.45, 2.75) is 4.90 Å². The molecular weight excluding hydrogens is 368 g/mol. The van der Waals surface area contributed by atoms with Crippen molar-refractivity contribution in [1.29, 1.82) is 0 Å². The van der Waals surface area contributed by atoms with Gasteiger partial charge >= 0.3 is 0 Å². The topological polar surface area (TPSA) is 96.4 Å². The van der Waals surface area contributed by atoms with Gasteiger partial charge in [-0.2, -0.15) is 0 Å². The second-order valence-corrected chi connectivity index (χ2v) is 8.33. The van der Waals surface area contributed by atoms with Gasteiger partial charge in [-0.3, -0.25) is 9.52 Å². The van der Waals surface area contributed by atoms with Crippen molar-refractivity contribution in [3.8, 4) is 10.6 Å². The van der Waals surface area contributed by atoms with E-state index >= 15 is 0 Å².